The summed E-state index contributed by atoms with van der Waals surface area (Å²) >= 11 is 6.74. The molecule has 0 radical (unpaired) electrons. The van der Waals surface area contributed by atoms with E-state index < -0.39 is 5.91 Å². The van der Waals surface area contributed by atoms with Crippen LogP contribution in [0.25, 0.3) is 10.9 Å². The number of aromatic amines is 1. The van der Waals surface area contributed by atoms with Crippen LogP contribution in [0.1, 0.15) is 15.9 Å². The van der Waals surface area contributed by atoms with E-state index in [0.717, 1.165) is 10.0 Å². The van der Waals surface area contributed by atoms with E-state index in [9.17, 15) is 9.90 Å². The molecule has 5 nitrogen and oxygen atoms in total. The zero-order valence-electron chi connectivity index (χ0n) is 12.0. The zero-order chi connectivity index (χ0) is 16.6. The van der Waals surface area contributed by atoms with Crippen molar-refractivity contribution in [3.05, 3.63) is 56.5 Å². The number of H-pyrrole nitrogens is 1. The minimum absolute atomic E-state index is 0.130. The van der Waals surface area contributed by atoms with Crippen LogP contribution in [-0.2, 0) is 0 Å². The second-order valence-corrected chi connectivity index (χ2v) is 6.69. The number of nitrogens with zero attached hydrogens (tertiary/aromatic N) is 2. The summed E-state index contributed by atoms with van der Waals surface area (Å²) in [6.45, 7) is 1.93. The van der Waals surface area contributed by atoms with Crippen molar-refractivity contribution in [2.45, 2.75) is 6.92 Å². The summed E-state index contributed by atoms with van der Waals surface area (Å²) in [6, 6.07) is 10.8. The molecular weight excluding hydrogens is 426 g/mol. The maximum atomic E-state index is 12.2. The Bertz CT molecular complexity index is 948. The number of carbonyl (C=O) groups is 1. The van der Waals surface area contributed by atoms with Gasteiger partial charge in [0.05, 0.1) is 11.1 Å². The molecule has 0 aliphatic heterocycles. The van der Waals surface area contributed by atoms with Crippen molar-refractivity contribution in [2.24, 2.45) is 10.2 Å². The molecule has 23 heavy (non-hydrogen) atoms. The first kappa shape index (κ1) is 15.9. The molecule has 0 unspecified atom stereocenters. The second-order valence-electron chi connectivity index (χ2n) is 4.98. The third-order valence-electron chi connectivity index (χ3n) is 3.30. The van der Waals surface area contributed by atoms with Crippen LogP contribution < -0.4 is 0 Å². The molecule has 2 aromatic carbocycles. The van der Waals surface area contributed by atoms with Crippen molar-refractivity contribution in [1.29, 1.82) is 0 Å². The van der Waals surface area contributed by atoms with Gasteiger partial charge in [-0.05, 0) is 68.6 Å². The lowest BCUT2D eigenvalue weighted by Crippen LogP contribution is -1.94. The normalized spacial score (nSPS) is 11.4. The van der Waals surface area contributed by atoms with E-state index >= 15 is 0 Å². The number of nitrogens with one attached hydrogen (secondary N) is 1. The number of amides is 1. The van der Waals surface area contributed by atoms with Gasteiger partial charge in [-0.2, -0.15) is 0 Å². The molecule has 0 saturated heterocycles. The van der Waals surface area contributed by atoms with Crippen LogP contribution in [0.15, 0.2) is 55.6 Å². The molecule has 0 spiro atoms. The third-order valence-corrected chi connectivity index (χ3v) is 4.62. The number of carbonyl (C=O) groups excluding carboxylic acids is 1. The van der Waals surface area contributed by atoms with E-state index in [-0.39, 0.29) is 11.6 Å². The molecule has 0 bridgehead atoms. The summed E-state index contributed by atoms with van der Waals surface area (Å²) in [7, 11) is 0. The number of hydrogen-bond acceptors (Lipinski definition) is 3. The number of aryl methyl sites for hydroxylation is 1. The first-order valence-corrected chi connectivity index (χ1v) is 8.27. The Morgan fingerprint density at radius 1 is 1.17 bits per heavy atom. The number of benzene rings is 2. The number of aromatic hydroxyl groups is 1. The summed E-state index contributed by atoms with van der Waals surface area (Å²) in [5.41, 5.74) is 2.35. The van der Waals surface area contributed by atoms with Gasteiger partial charge in [-0.25, -0.2) is 0 Å². The summed E-state index contributed by atoms with van der Waals surface area (Å²) in [4.78, 5) is 15.0. The SMILES string of the molecule is Cc1cc(Br)c2[nH]c(O)c(N=NC(=O)c3ccccc3Br)c2c1. The molecule has 0 fully saturated rings. The summed E-state index contributed by atoms with van der Waals surface area (Å²) in [6.07, 6.45) is 0. The number of azo groups is 1. The van der Waals surface area contributed by atoms with Crippen molar-refractivity contribution in [3.63, 3.8) is 0 Å². The van der Waals surface area contributed by atoms with Crippen LogP contribution in [0.5, 0.6) is 5.88 Å². The quantitative estimate of drug-likeness (QED) is 0.510. The summed E-state index contributed by atoms with van der Waals surface area (Å²) in [5.74, 6) is -0.618. The van der Waals surface area contributed by atoms with Gasteiger partial charge in [0.2, 0.25) is 5.88 Å². The predicted octanol–water partition coefficient (Wildman–Crippen LogP) is 5.63. The average Bonchev–Trinajstić information content (AvgIpc) is 2.81. The highest BCUT2D eigenvalue weighted by Gasteiger charge is 2.14. The Balaban J connectivity index is 2.03. The standard InChI is InChI=1S/C16H11Br2N3O2/c1-8-6-10-13(12(18)7-8)19-16(23)14(10)20-21-15(22)9-4-2-3-5-11(9)17/h2-7,19,23H,1H3. The highest BCUT2D eigenvalue weighted by atomic mass is 79.9. The minimum atomic E-state index is -0.488. The van der Waals surface area contributed by atoms with E-state index in [0.29, 0.717) is 20.9 Å². The lowest BCUT2D eigenvalue weighted by atomic mass is 10.1. The van der Waals surface area contributed by atoms with Gasteiger partial charge in [0.25, 0.3) is 5.91 Å². The van der Waals surface area contributed by atoms with Crippen molar-refractivity contribution in [2.75, 3.05) is 0 Å². The Morgan fingerprint density at radius 2 is 1.91 bits per heavy atom. The molecule has 3 rings (SSSR count). The van der Waals surface area contributed by atoms with E-state index in [1.807, 2.05) is 25.1 Å². The Labute approximate surface area is 148 Å². The first-order chi connectivity index (χ1) is 11.0. The molecular formula is C16H11Br2N3O2. The molecule has 1 aromatic heterocycles. The molecule has 0 aliphatic rings. The van der Waals surface area contributed by atoms with Crippen LogP contribution in [0.3, 0.4) is 0 Å². The maximum Gasteiger partial charge on any atom is 0.296 e. The van der Waals surface area contributed by atoms with Gasteiger partial charge in [0, 0.05) is 14.3 Å². The molecule has 116 valence electrons. The fourth-order valence-electron chi connectivity index (χ4n) is 2.25. The van der Waals surface area contributed by atoms with E-state index in [1.165, 1.54) is 0 Å². The molecule has 0 atom stereocenters. The Kier molecular flexibility index (Phi) is 4.32. The van der Waals surface area contributed by atoms with Crippen LogP contribution in [-0.4, -0.2) is 16.0 Å². The molecule has 0 saturated carbocycles. The van der Waals surface area contributed by atoms with Crippen LogP contribution in [0, 0.1) is 6.92 Å². The zero-order valence-corrected chi connectivity index (χ0v) is 15.1. The van der Waals surface area contributed by atoms with Crippen LogP contribution >= 0.6 is 31.9 Å². The largest absolute Gasteiger partial charge is 0.493 e. The fourth-order valence-corrected chi connectivity index (χ4v) is 3.37. The van der Waals surface area contributed by atoms with Gasteiger partial charge in [-0.1, -0.05) is 12.1 Å². The number of rotatable bonds is 2. The van der Waals surface area contributed by atoms with Gasteiger partial charge >= 0.3 is 0 Å². The highest BCUT2D eigenvalue weighted by Crippen LogP contribution is 2.39. The smallest absolute Gasteiger partial charge is 0.296 e. The second kappa shape index (κ2) is 6.25. The Hall–Kier alpha value is -1.99. The lowest BCUT2D eigenvalue weighted by Gasteiger charge is -1.98. The maximum absolute atomic E-state index is 12.2. The van der Waals surface area contributed by atoms with E-state index in [2.05, 4.69) is 47.1 Å². The number of hydrogen-bond donors (Lipinski definition) is 2. The number of halogens is 2. The number of aromatic nitrogens is 1. The van der Waals surface area contributed by atoms with Gasteiger partial charge in [-0.3, -0.25) is 4.79 Å². The van der Waals surface area contributed by atoms with Crippen molar-refractivity contribution in [3.8, 4) is 5.88 Å². The topological polar surface area (TPSA) is 77.8 Å². The van der Waals surface area contributed by atoms with E-state index in [4.69, 9.17) is 0 Å². The fraction of sp³-hybridized carbons (Fsp3) is 0.0625. The van der Waals surface area contributed by atoms with Gasteiger partial charge < -0.3 is 10.1 Å². The van der Waals surface area contributed by atoms with Crippen molar-refractivity contribution < 1.29 is 9.90 Å². The van der Waals surface area contributed by atoms with E-state index in [1.54, 1.807) is 18.2 Å². The summed E-state index contributed by atoms with van der Waals surface area (Å²) in [5, 5.41) is 18.4. The van der Waals surface area contributed by atoms with Crippen LogP contribution in [0.4, 0.5) is 5.69 Å². The first-order valence-electron chi connectivity index (χ1n) is 6.68. The van der Waals surface area contributed by atoms with Gasteiger partial charge in [0.1, 0.15) is 0 Å². The predicted molar refractivity (Wildman–Crippen MR) is 95.4 cm³/mol. The molecule has 1 amide bonds. The van der Waals surface area contributed by atoms with Gasteiger partial charge in [0.15, 0.2) is 5.69 Å². The van der Waals surface area contributed by atoms with Crippen molar-refractivity contribution in [1.82, 2.24) is 4.98 Å². The highest BCUT2D eigenvalue weighted by molar-refractivity contribution is 9.11. The van der Waals surface area contributed by atoms with Crippen molar-refractivity contribution >= 4 is 54.4 Å². The average molecular weight is 437 g/mol. The Morgan fingerprint density at radius 3 is 2.65 bits per heavy atom. The van der Waals surface area contributed by atoms with Gasteiger partial charge in [-0.15, -0.1) is 10.2 Å². The molecule has 1 heterocycles. The summed E-state index contributed by atoms with van der Waals surface area (Å²) < 4.78 is 1.45. The minimum Gasteiger partial charge on any atom is -0.493 e. The third kappa shape index (κ3) is 3.07. The molecule has 0 aliphatic carbocycles. The molecule has 2 N–H and O–H groups in total. The van der Waals surface area contributed by atoms with Crippen LogP contribution in [0.2, 0.25) is 0 Å². The molecule has 7 heteroatoms. The number of fused-ring (bicyclic) bond motifs is 1. The lowest BCUT2D eigenvalue weighted by molar-refractivity contribution is 0.0994. The molecule has 3 aromatic rings. The monoisotopic (exact) mass is 435 g/mol.